The van der Waals surface area contributed by atoms with Crippen LogP contribution in [0.1, 0.15) is 25.1 Å². The average Bonchev–Trinajstić information content (AvgIpc) is 3.10. The van der Waals surface area contributed by atoms with Gasteiger partial charge in [0.1, 0.15) is 18.2 Å². The molecule has 0 saturated carbocycles. The van der Waals surface area contributed by atoms with Gasteiger partial charge >= 0.3 is 6.16 Å². The summed E-state index contributed by atoms with van der Waals surface area (Å²) in [6.45, 7) is 4.26. The molecule has 0 radical (unpaired) electrons. The maximum Gasteiger partial charge on any atom is 0.513 e. The smallest absolute Gasteiger partial charge is 0.433 e. The minimum atomic E-state index is -0.724. The first-order valence-corrected chi connectivity index (χ1v) is 9.36. The SMILES string of the molecule is CC1=Cc2c(cnn2-c2ccc(F)cc2)CC1(C)COC(=O)Oc1ccccc1. The van der Waals surface area contributed by atoms with E-state index < -0.39 is 6.16 Å². The summed E-state index contributed by atoms with van der Waals surface area (Å²) in [6.07, 6.45) is 3.80. The van der Waals surface area contributed by atoms with Crippen LogP contribution in [0.4, 0.5) is 9.18 Å². The Kier molecular flexibility index (Phi) is 4.92. The van der Waals surface area contributed by atoms with Crippen molar-refractivity contribution in [1.29, 1.82) is 0 Å². The van der Waals surface area contributed by atoms with Gasteiger partial charge in [0.15, 0.2) is 0 Å². The maximum atomic E-state index is 13.2. The van der Waals surface area contributed by atoms with Crippen LogP contribution in [0.5, 0.6) is 5.75 Å². The first-order valence-electron chi connectivity index (χ1n) is 9.36. The van der Waals surface area contributed by atoms with Crippen molar-refractivity contribution in [2.45, 2.75) is 20.3 Å². The molecule has 1 aliphatic carbocycles. The van der Waals surface area contributed by atoms with E-state index in [0.29, 0.717) is 12.2 Å². The van der Waals surface area contributed by atoms with E-state index in [1.807, 2.05) is 32.2 Å². The number of carbonyl (C=O) groups excluding carboxylic acids is 1. The molecule has 5 nitrogen and oxygen atoms in total. The van der Waals surface area contributed by atoms with Crippen LogP contribution in [0, 0.1) is 11.2 Å². The summed E-state index contributed by atoms with van der Waals surface area (Å²) < 4.78 is 25.6. The standard InChI is InChI=1S/C23H21FN2O3/c1-16-12-21-17(14-25-26(21)19-10-8-18(24)9-11-19)13-23(16,2)15-28-22(27)29-20-6-4-3-5-7-20/h3-12,14H,13,15H2,1-2H3. The summed E-state index contributed by atoms with van der Waals surface area (Å²) in [5.74, 6) is 0.162. The van der Waals surface area contributed by atoms with Crippen LogP contribution in [-0.2, 0) is 11.2 Å². The Morgan fingerprint density at radius 3 is 2.62 bits per heavy atom. The molecule has 0 spiro atoms. The number of nitrogens with zero attached hydrogens (tertiary/aromatic N) is 2. The van der Waals surface area contributed by atoms with Crippen molar-refractivity contribution >= 4 is 12.2 Å². The molecule has 0 aliphatic heterocycles. The molecule has 148 valence electrons. The van der Waals surface area contributed by atoms with E-state index >= 15 is 0 Å². The first-order chi connectivity index (χ1) is 13.9. The quantitative estimate of drug-likeness (QED) is 0.453. The number of para-hydroxylation sites is 1. The minimum absolute atomic E-state index is 0.197. The average molecular weight is 392 g/mol. The highest BCUT2D eigenvalue weighted by Gasteiger charge is 2.34. The third kappa shape index (κ3) is 3.92. The summed E-state index contributed by atoms with van der Waals surface area (Å²) in [5.41, 5.74) is 3.50. The summed E-state index contributed by atoms with van der Waals surface area (Å²) in [4.78, 5) is 12.1. The Balaban J connectivity index is 1.48. The molecule has 1 aromatic heterocycles. The second kappa shape index (κ2) is 7.54. The predicted molar refractivity (Wildman–Crippen MR) is 107 cm³/mol. The topological polar surface area (TPSA) is 53.4 Å². The van der Waals surface area contributed by atoms with Crippen molar-refractivity contribution in [3.8, 4) is 11.4 Å². The predicted octanol–water partition coefficient (Wildman–Crippen LogP) is 5.19. The molecule has 3 aromatic rings. The Hall–Kier alpha value is -3.41. The number of aromatic nitrogens is 2. The van der Waals surface area contributed by atoms with E-state index in [1.165, 1.54) is 12.1 Å². The van der Waals surface area contributed by atoms with E-state index in [0.717, 1.165) is 22.5 Å². The molecule has 29 heavy (non-hydrogen) atoms. The Morgan fingerprint density at radius 2 is 1.90 bits per heavy atom. The normalized spacial score (nSPS) is 18.0. The highest BCUT2D eigenvalue weighted by Crippen LogP contribution is 2.39. The summed E-state index contributed by atoms with van der Waals surface area (Å²) in [7, 11) is 0. The van der Waals surface area contributed by atoms with Gasteiger partial charge in [0.2, 0.25) is 0 Å². The maximum absolute atomic E-state index is 13.2. The highest BCUT2D eigenvalue weighted by molar-refractivity contribution is 5.64. The van der Waals surface area contributed by atoms with Gasteiger partial charge in [-0.25, -0.2) is 13.9 Å². The molecule has 1 atom stereocenters. The molecular weight excluding hydrogens is 371 g/mol. The van der Waals surface area contributed by atoms with Crippen molar-refractivity contribution in [2.24, 2.45) is 5.41 Å². The van der Waals surface area contributed by atoms with Gasteiger partial charge in [-0.05, 0) is 61.4 Å². The number of ether oxygens (including phenoxy) is 2. The Bertz CT molecular complexity index is 1060. The van der Waals surface area contributed by atoms with Gasteiger partial charge in [0.25, 0.3) is 0 Å². The van der Waals surface area contributed by atoms with Crippen LogP contribution in [0.25, 0.3) is 11.8 Å². The molecule has 1 aliphatic rings. The summed E-state index contributed by atoms with van der Waals surface area (Å²) in [6, 6.07) is 15.0. The lowest BCUT2D eigenvalue weighted by Crippen LogP contribution is -2.32. The zero-order valence-corrected chi connectivity index (χ0v) is 16.3. The van der Waals surface area contributed by atoms with E-state index in [4.69, 9.17) is 9.47 Å². The van der Waals surface area contributed by atoms with Gasteiger partial charge in [-0.1, -0.05) is 30.7 Å². The molecule has 0 fully saturated rings. The fraction of sp³-hybridized carbons (Fsp3) is 0.217. The number of carbonyl (C=O) groups is 1. The van der Waals surface area contributed by atoms with Crippen molar-refractivity contribution in [3.05, 3.63) is 83.4 Å². The van der Waals surface area contributed by atoms with Crippen LogP contribution in [0.15, 0.2) is 66.4 Å². The number of rotatable bonds is 4. The molecular formula is C23H21FN2O3. The zero-order valence-electron chi connectivity index (χ0n) is 16.3. The van der Waals surface area contributed by atoms with E-state index in [1.54, 1.807) is 41.1 Å². The summed E-state index contributed by atoms with van der Waals surface area (Å²) in [5, 5.41) is 4.47. The number of hydrogen-bond donors (Lipinski definition) is 0. The van der Waals surface area contributed by atoms with Crippen molar-refractivity contribution < 1.29 is 18.7 Å². The third-order valence-corrected chi connectivity index (χ3v) is 5.30. The second-order valence-electron chi connectivity index (χ2n) is 7.46. The van der Waals surface area contributed by atoms with Crippen LogP contribution in [0.2, 0.25) is 0 Å². The third-order valence-electron chi connectivity index (χ3n) is 5.30. The Labute approximate surface area is 168 Å². The van der Waals surface area contributed by atoms with Gasteiger partial charge in [-0.3, -0.25) is 0 Å². The molecule has 0 amide bonds. The first kappa shape index (κ1) is 18.9. The molecule has 0 N–H and O–H groups in total. The zero-order chi connectivity index (χ0) is 20.4. The second-order valence-corrected chi connectivity index (χ2v) is 7.46. The van der Waals surface area contributed by atoms with Gasteiger partial charge in [-0.15, -0.1) is 0 Å². The molecule has 1 heterocycles. The number of benzene rings is 2. The van der Waals surface area contributed by atoms with Crippen LogP contribution < -0.4 is 4.74 Å². The van der Waals surface area contributed by atoms with E-state index in [2.05, 4.69) is 5.10 Å². The molecule has 2 aromatic carbocycles. The van der Waals surface area contributed by atoms with Gasteiger partial charge in [0, 0.05) is 5.41 Å². The van der Waals surface area contributed by atoms with Crippen molar-refractivity contribution in [1.82, 2.24) is 9.78 Å². The van der Waals surface area contributed by atoms with Gasteiger partial charge in [-0.2, -0.15) is 5.10 Å². The van der Waals surface area contributed by atoms with Crippen molar-refractivity contribution in [2.75, 3.05) is 6.61 Å². The van der Waals surface area contributed by atoms with E-state index in [9.17, 15) is 9.18 Å². The van der Waals surface area contributed by atoms with Crippen molar-refractivity contribution in [3.63, 3.8) is 0 Å². The monoisotopic (exact) mass is 392 g/mol. The highest BCUT2D eigenvalue weighted by atomic mass is 19.1. The molecule has 1 unspecified atom stereocenters. The molecule has 0 saturated heterocycles. The van der Waals surface area contributed by atoms with Crippen LogP contribution in [0.3, 0.4) is 0 Å². The lowest BCUT2D eigenvalue weighted by Gasteiger charge is -2.33. The fourth-order valence-corrected chi connectivity index (χ4v) is 3.41. The molecule has 4 rings (SSSR count). The number of fused-ring (bicyclic) bond motifs is 1. The lowest BCUT2D eigenvalue weighted by atomic mass is 9.74. The largest absolute Gasteiger partial charge is 0.513 e. The van der Waals surface area contributed by atoms with E-state index in [-0.39, 0.29) is 17.8 Å². The number of hydrogen-bond acceptors (Lipinski definition) is 4. The number of halogens is 1. The minimum Gasteiger partial charge on any atom is -0.433 e. The lowest BCUT2D eigenvalue weighted by molar-refractivity contribution is 0.0681. The fourth-order valence-electron chi connectivity index (χ4n) is 3.41. The molecule has 6 heteroatoms. The van der Waals surface area contributed by atoms with Crippen LogP contribution in [-0.4, -0.2) is 22.5 Å². The Morgan fingerprint density at radius 1 is 1.17 bits per heavy atom. The van der Waals surface area contributed by atoms with Gasteiger partial charge in [0.05, 0.1) is 17.6 Å². The molecule has 0 bridgehead atoms. The summed E-state index contributed by atoms with van der Waals surface area (Å²) >= 11 is 0. The van der Waals surface area contributed by atoms with Crippen LogP contribution >= 0.6 is 0 Å². The van der Waals surface area contributed by atoms with Gasteiger partial charge < -0.3 is 9.47 Å².